The summed E-state index contributed by atoms with van der Waals surface area (Å²) in [5.74, 6) is 0.280. The number of hydrogen-bond acceptors (Lipinski definition) is 8. The van der Waals surface area contributed by atoms with Crippen molar-refractivity contribution in [3.63, 3.8) is 0 Å². The van der Waals surface area contributed by atoms with Gasteiger partial charge >= 0.3 is 6.18 Å². The summed E-state index contributed by atoms with van der Waals surface area (Å²) < 4.78 is 41.4. The number of aliphatic hydroxyl groups is 1. The molecular formula is C33H37F3N8O2. The Bertz CT molecular complexity index is 1750. The largest absolute Gasteiger partial charge is 0.416 e. The molecular weight excluding hydrogens is 597 g/mol. The van der Waals surface area contributed by atoms with Gasteiger partial charge in [-0.3, -0.25) is 14.4 Å². The minimum Gasteiger partial charge on any atom is -0.383 e. The van der Waals surface area contributed by atoms with Crippen molar-refractivity contribution in [3.8, 4) is 11.3 Å². The molecule has 4 atom stereocenters. The van der Waals surface area contributed by atoms with Gasteiger partial charge in [-0.25, -0.2) is 9.97 Å². The first-order valence-electron chi connectivity index (χ1n) is 15.4. The molecule has 1 aromatic carbocycles. The predicted octanol–water partition coefficient (Wildman–Crippen LogP) is 5.53. The number of nitrogens with two attached hydrogens (primary N) is 1. The molecule has 1 amide bonds. The Balaban J connectivity index is 1.36. The second kappa shape index (κ2) is 12.7. The molecule has 4 aromatic rings. The standard InChI is InChI=1S/C33H37F3N8O2/c1-19-15-27(45)40-24-6-3-7-25(17-24)44-30-22(5-4-14-43(19)2)18-39-31(37)28(30)29(42-44)20-8-10-21(11-9-20)32(46)41-26-16-23(12-13-38-26)33(34,35)36/h4-5,8-13,16,18-19,24-25,32,46H,3,6-7,14-15,17H2,1-2H3,(H2,37,39)(H,38,41)(H,40,45)/b5-4+/t19-,24-,25-,32?/m1/s1. The zero-order valence-corrected chi connectivity index (χ0v) is 25.6. The summed E-state index contributed by atoms with van der Waals surface area (Å²) in [6, 6.07) is 8.79. The number of halogens is 3. The second-order valence-corrected chi connectivity index (χ2v) is 12.2. The van der Waals surface area contributed by atoms with Crippen LogP contribution in [0.5, 0.6) is 0 Å². The van der Waals surface area contributed by atoms with Crippen LogP contribution in [-0.4, -0.2) is 61.3 Å². The predicted molar refractivity (Wildman–Crippen MR) is 170 cm³/mol. The number of anilines is 2. The fraction of sp³-hybridized carbons (Fsp3) is 0.394. The summed E-state index contributed by atoms with van der Waals surface area (Å²) in [5.41, 5.74) is 9.20. The quantitative estimate of drug-likeness (QED) is 0.215. The Labute approximate surface area is 264 Å². The van der Waals surface area contributed by atoms with Gasteiger partial charge in [-0.1, -0.05) is 36.4 Å². The lowest BCUT2D eigenvalue weighted by molar-refractivity contribution is -0.137. The first-order valence-corrected chi connectivity index (χ1v) is 15.4. The van der Waals surface area contributed by atoms with Crippen LogP contribution in [0.2, 0.25) is 0 Å². The number of fused-ring (bicyclic) bond motifs is 3. The van der Waals surface area contributed by atoms with E-state index >= 15 is 0 Å². The minimum atomic E-state index is -4.53. The number of benzene rings is 1. The van der Waals surface area contributed by atoms with Gasteiger partial charge in [0.1, 0.15) is 17.3 Å². The average molecular weight is 635 g/mol. The van der Waals surface area contributed by atoms with E-state index in [1.807, 2.05) is 17.8 Å². The number of rotatable bonds is 4. The maximum atomic E-state index is 13.1. The summed E-state index contributed by atoms with van der Waals surface area (Å²) >= 11 is 0. The number of pyridine rings is 2. The smallest absolute Gasteiger partial charge is 0.383 e. The molecule has 0 radical (unpaired) electrons. The highest BCUT2D eigenvalue weighted by atomic mass is 19.4. The van der Waals surface area contributed by atoms with Gasteiger partial charge in [0.15, 0.2) is 6.23 Å². The van der Waals surface area contributed by atoms with E-state index in [9.17, 15) is 23.1 Å². The van der Waals surface area contributed by atoms with Crippen LogP contribution in [0.4, 0.5) is 24.8 Å². The third kappa shape index (κ3) is 6.56. The van der Waals surface area contributed by atoms with Crippen LogP contribution in [-0.2, 0) is 11.0 Å². The first kappa shape index (κ1) is 31.5. The number of likely N-dealkylation sites (N-methyl/N-ethyl adjacent to an activating group) is 1. The molecule has 6 rings (SSSR count). The molecule has 2 aliphatic rings. The van der Waals surface area contributed by atoms with E-state index in [1.165, 1.54) is 0 Å². The molecule has 3 aromatic heterocycles. The van der Waals surface area contributed by atoms with Crippen molar-refractivity contribution in [1.29, 1.82) is 0 Å². The fourth-order valence-electron chi connectivity index (χ4n) is 6.29. The third-order valence-corrected chi connectivity index (χ3v) is 8.94. The first-order chi connectivity index (χ1) is 22.0. The van der Waals surface area contributed by atoms with Gasteiger partial charge < -0.3 is 21.5 Å². The molecule has 1 aliphatic carbocycles. The highest BCUT2D eigenvalue weighted by molar-refractivity contribution is 6.03. The van der Waals surface area contributed by atoms with Gasteiger partial charge in [-0.15, -0.1) is 0 Å². The summed E-state index contributed by atoms with van der Waals surface area (Å²) in [6.45, 7) is 2.69. The molecule has 46 heavy (non-hydrogen) atoms. The summed E-state index contributed by atoms with van der Waals surface area (Å²) in [7, 11) is 2.00. The molecule has 2 bridgehead atoms. The second-order valence-electron chi connectivity index (χ2n) is 12.2. The Morgan fingerprint density at radius 3 is 2.70 bits per heavy atom. The molecule has 1 saturated carbocycles. The maximum Gasteiger partial charge on any atom is 0.416 e. The molecule has 1 aliphatic heterocycles. The van der Waals surface area contributed by atoms with Crippen LogP contribution in [0.15, 0.2) is 54.9 Å². The number of aliphatic hydroxyl groups excluding tert-OH is 1. The molecule has 242 valence electrons. The number of nitrogen functional groups attached to an aromatic ring is 1. The van der Waals surface area contributed by atoms with E-state index < -0.39 is 18.0 Å². The lowest BCUT2D eigenvalue weighted by atomic mass is 9.90. The van der Waals surface area contributed by atoms with Crippen LogP contribution < -0.4 is 16.4 Å². The molecule has 1 fully saturated rings. The van der Waals surface area contributed by atoms with E-state index in [0.717, 1.165) is 60.7 Å². The number of carbonyl (C=O) groups is 1. The zero-order chi connectivity index (χ0) is 32.6. The van der Waals surface area contributed by atoms with Gasteiger partial charge in [0, 0.05) is 54.1 Å². The van der Waals surface area contributed by atoms with Crippen molar-refractivity contribution in [3.05, 3.63) is 71.6 Å². The molecule has 0 spiro atoms. The van der Waals surface area contributed by atoms with Gasteiger partial charge in [-0.2, -0.15) is 18.3 Å². The maximum absolute atomic E-state index is 13.1. The number of nitrogens with zero attached hydrogens (tertiary/aromatic N) is 5. The molecule has 4 heterocycles. The van der Waals surface area contributed by atoms with E-state index in [1.54, 1.807) is 30.5 Å². The number of hydrogen-bond donors (Lipinski definition) is 4. The van der Waals surface area contributed by atoms with Gasteiger partial charge in [0.25, 0.3) is 0 Å². The van der Waals surface area contributed by atoms with Crippen molar-refractivity contribution in [1.82, 2.24) is 30.0 Å². The Hall–Kier alpha value is -4.49. The number of nitrogens with one attached hydrogen (secondary N) is 2. The van der Waals surface area contributed by atoms with Crippen LogP contribution in [0, 0.1) is 0 Å². The van der Waals surface area contributed by atoms with Crippen LogP contribution in [0.3, 0.4) is 0 Å². The van der Waals surface area contributed by atoms with Gasteiger partial charge in [0.2, 0.25) is 5.91 Å². The monoisotopic (exact) mass is 634 g/mol. The Kier molecular flexibility index (Phi) is 8.71. The fourth-order valence-corrected chi connectivity index (χ4v) is 6.29. The molecule has 10 nitrogen and oxygen atoms in total. The topological polar surface area (TPSA) is 134 Å². The van der Waals surface area contributed by atoms with E-state index in [-0.39, 0.29) is 29.9 Å². The van der Waals surface area contributed by atoms with Crippen molar-refractivity contribution >= 4 is 34.5 Å². The highest BCUT2D eigenvalue weighted by Crippen LogP contribution is 2.39. The molecule has 0 saturated heterocycles. The SMILES string of the molecule is C[C@@H]1CC(=O)N[C@@H]2CCC[C@H](C2)n2nc(-c3ccc(C(O)Nc4cc(C(F)(F)F)ccn4)cc3)c3c(N)ncc(c32)/C=C/CN1C. The molecule has 13 heteroatoms. The normalized spacial score (nSPS) is 22.6. The summed E-state index contributed by atoms with van der Waals surface area (Å²) in [4.78, 5) is 23.4. The molecule has 1 unspecified atom stereocenters. The number of amides is 1. The average Bonchev–Trinajstić information content (AvgIpc) is 3.43. The zero-order valence-electron chi connectivity index (χ0n) is 25.6. The third-order valence-electron chi connectivity index (χ3n) is 8.94. The lowest BCUT2D eigenvalue weighted by Crippen LogP contribution is -2.42. The molecule has 5 N–H and O–H groups in total. The van der Waals surface area contributed by atoms with Gasteiger partial charge in [-0.05, 0) is 51.8 Å². The van der Waals surface area contributed by atoms with Crippen LogP contribution in [0.25, 0.3) is 28.2 Å². The number of aromatic nitrogens is 4. The Morgan fingerprint density at radius 2 is 1.93 bits per heavy atom. The van der Waals surface area contributed by atoms with E-state index in [4.69, 9.17) is 10.8 Å². The van der Waals surface area contributed by atoms with Crippen LogP contribution >= 0.6 is 0 Å². The van der Waals surface area contributed by atoms with Crippen molar-refractivity contribution in [2.24, 2.45) is 0 Å². The summed E-state index contributed by atoms with van der Waals surface area (Å²) in [6.07, 6.45) is 4.95. The van der Waals surface area contributed by atoms with Crippen molar-refractivity contribution < 1.29 is 23.1 Å². The number of alkyl halides is 3. The van der Waals surface area contributed by atoms with Crippen molar-refractivity contribution in [2.45, 2.75) is 69.6 Å². The van der Waals surface area contributed by atoms with Gasteiger partial charge in [0.05, 0.1) is 22.5 Å². The van der Waals surface area contributed by atoms with E-state index in [0.29, 0.717) is 35.4 Å². The lowest BCUT2D eigenvalue weighted by Gasteiger charge is -2.31. The number of carbonyl (C=O) groups excluding carboxylic acids is 1. The van der Waals surface area contributed by atoms with Crippen LogP contribution in [0.1, 0.15) is 68.0 Å². The van der Waals surface area contributed by atoms with E-state index in [2.05, 4.69) is 38.5 Å². The van der Waals surface area contributed by atoms with Crippen molar-refractivity contribution in [2.75, 3.05) is 24.6 Å². The Morgan fingerprint density at radius 1 is 1.15 bits per heavy atom. The highest BCUT2D eigenvalue weighted by Gasteiger charge is 2.31. The summed E-state index contributed by atoms with van der Waals surface area (Å²) in [5, 5.41) is 22.5. The minimum absolute atomic E-state index is 0.0255.